The normalized spacial score (nSPS) is 26.9. The molecule has 3 aliphatic heterocycles. The van der Waals surface area contributed by atoms with Gasteiger partial charge in [0.2, 0.25) is 5.91 Å². The SMILES string of the molecule is COBNC(Cc1ccc(OC(=O)C2C(C(=O)N3CCN(C)CC3)[C@@H]3C=C[C@H]2O3)cc1)C(=O)O. The highest BCUT2D eigenvalue weighted by atomic mass is 16.5. The Balaban J connectivity index is 1.39. The van der Waals surface area contributed by atoms with Gasteiger partial charge in [-0.25, -0.2) is 0 Å². The zero-order valence-corrected chi connectivity index (χ0v) is 19.4. The Bertz CT molecular complexity index is 933. The molecule has 0 aliphatic carbocycles. The summed E-state index contributed by atoms with van der Waals surface area (Å²) in [5.74, 6) is -2.49. The zero-order valence-electron chi connectivity index (χ0n) is 19.4. The Hall–Kier alpha value is -2.73. The number of benzene rings is 1. The summed E-state index contributed by atoms with van der Waals surface area (Å²) in [5, 5.41) is 12.1. The Morgan fingerprint density at radius 2 is 1.76 bits per heavy atom. The molecule has 0 spiro atoms. The maximum atomic E-state index is 13.3. The molecule has 0 aromatic heterocycles. The number of hydrogen-bond acceptors (Lipinski definition) is 8. The number of amides is 1. The van der Waals surface area contributed by atoms with E-state index in [4.69, 9.17) is 14.1 Å². The van der Waals surface area contributed by atoms with Gasteiger partial charge in [-0.3, -0.25) is 14.4 Å². The van der Waals surface area contributed by atoms with Crippen LogP contribution < -0.4 is 9.96 Å². The summed E-state index contributed by atoms with van der Waals surface area (Å²) in [6.07, 6.45) is 3.05. The van der Waals surface area contributed by atoms with E-state index in [1.54, 1.807) is 24.3 Å². The molecular formula is C23H30BN3O7. The number of likely N-dealkylation sites (N-methyl/N-ethyl adjacent to an activating group) is 1. The van der Waals surface area contributed by atoms with E-state index in [1.807, 2.05) is 24.1 Å². The molecule has 2 bridgehead atoms. The van der Waals surface area contributed by atoms with E-state index in [0.29, 0.717) is 18.8 Å². The van der Waals surface area contributed by atoms with E-state index < -0.39 is 42.0 Å². The molecule has 1 aromatic carbocycles. The number of carboxylic acid groups (broad SMARTS) is 1. The van der Waals surface area contributed by atoms with Crippen LogP contribution in [0.4, 0.5) is 0 Å². The van der Waals surface area contributed by atoms with Crippen molar-refractivity contribution in [2.45, 2.75) is 24.7 Å². The summed E-state index contributed by atoms with van der Waals surface area (Å²) in [6, 6.07) is 5.90. The van der Waals surface area contributed by atoms with Crippen LogP contribution in [-0.4, -0.2) is 99.0 Å². The van der Waals surface area contributed by atoms with Gasteiger partial charge in [-0.2, -0.15) is 0 Å². The van der Waals surface area contributed by atoms with Crippen molar-refractivity contribution in [1.82, 2.24) is 15.0 Å². The molecule has 0 radical (unpaired) electrons. The predicted molar refractivity (Wildman–Crippen MR) is 123 cm³/mol. The number of esters is 1. The van der Waals surface area contributed by atoms with Crippen LogP contribution in [0.1, 0.15) is 5.56 Å². The zero-order chi connectivity index (χ0) is 24.2. The number of nitrogens with zero attached hydrogens (tertiary/aromatic N) is 2. The van der Waals surface area contributed by atoms with Crippen LogP contribution in [0.25, 0.3) is 0 Å². The number of rotatable bonds is 9. The lowest BCUT2D eigenvalue weighted by atomic mass is 9.82. The first-order chi connectivity index (χ1) is 16.4. The van der Waals surface area contributed by atoms with Crippen molar-refractivity contribution in [2.75, 3.05) is 40.3 Å². The number of nitrogens with one attached hydrogen (secondary N) is 1. The van der Waals surface area contributed by atoms with Gasteiger partial charge in [0.05, 0.1) is 18.1 Å². The molecular weight excluding hydrogens is 441 g/mol. The second-order valence-electron chi connectivity index (χ2n) is 8.93. The molecule has 11 heteroatoms. The van der Waals surface area contributed by atoms with E-state index in [1.165, 1.54) is 7.11 Å². The van der Waals surface area contributed by atoms with Crippen LogP contribution in [0.2, 0.25) is 0 Å². The van der Waals surface area contributed by atoms with Gasteiger partial charge in [0.15, 0.2) is 0 Å². The molecule has 1 aromatic rings. The first kappa shape index (κ1) is 24.4. The largest absolute Gasteiger partial charge is 0.480 e. The number of piperazine rings is 1. The van der Waals surface area contributed by atoms with Crippen LogP contribution in [0.3, 0.4) is 0 Å². The molecule has 3 aliphatic rings. The third-order valence-corrected chi connectivity index (χ3v) is 6.63. The highest BCUT2D eigenvalue weighted by molar-refractivity contribution is 6.24. The fraction of sp³-hybridized carbons (Fsp3) is 0.522. The van der Waals surface area contributed by atoms with E-state index >= 15 is 0 Å². The maximum Gasteiger partial charge on any atom is 0.361 e. The van der Waals surface area contributed by atoms with Gasteiger partial charge in [-0.1, -0.05) is 24.3 Å². The number of ether oxygens (including phenoxy) is 2. The summed E-state index contributed by atoms with van der Waals surface area (Å²) in [7, 11) is 3.63. The van der Waals surface area contributed by atoms with Crippen LogP contribution in [-0.2, 0) is 30.2 Å². The lowest BCUT2D eigenvalue weighted by Gasteiger charge is -2.35. The first-order valence-electron chi connectivity index (χ1n) is 11.4. The van der Waals surface area contributed by atoms with Crippen molar-refractivity contribution in [3.63, 3.8) is 0 Å². The second kappa shape index (κ2) is 10.7. The van der Waals surface area contributed by atoms with Crippen LogP contribution >= 0.6 is 0 Å². The fourth-order valence-electron chi connectivity index (χ4n) is 4.67. The summed E-state index contributed by atoms with van der Waals surface area (Å²) < 4.78 is 16.4. The van der Waals surface area contributed by atoms with Crippen molar-refractivity contribution in [3.8, 4) is 5.75 Å². The monoisotopic (exact) mass is 471 g/mol. The number of hydrogen-bond donors (Lipinski definition) is 2. The van der Waals surface area contributed by atoms with Gasteiger partial charge in [0.25, 0.3) is 0 Å². The van der Waals surface area contributed by atoms with Gasteiger partial charge >= 0.3 is 19.6 Å². The van der Waals surface area contributed by atoms with Crippen LogP contribution in [0, 0.1) is 11.8 Å². The highest BCUT2D eigenvalue weighted by Gasteiger charge is 2.54. The average Bonchev–Trinajstić information content (AvgIpc) is 3.44. The van der Waals surface area contributed by atoms with Crippen LogP contribution in [0.5, 0.6) is 5.75 Å². The summed E-state index contributed by atoms with van der Waals surface area (Å²) in [6.45, 7) is 2.86. The standard InChI is InChI=1S/C23H30BN3O7/c1-26-9-11-27(12-10-26)21(28)19-17-7-8-18(34-17)20(19)23(31)33-15-5-3-14(4-6-15)13-16(22(29)30)25-24-32-2/h3-8,16-20,24-25H,9-13H2,1-2H3,(H,29,30)/t16?,17-,18+,19?,20?/m0/s1. The van der Waals surface area contributed by atoms with Gasteiger partial charge in [0, 0.05) is 33.3 Å². The highest BCUT2D eigenvalue weighted by Crippen LogP contribution is 2.41. The summed E-state index contributed by atoms with van der Waals surface area (Å²) in [5.41, 5.74) is 0.769. The van der Waals surface area contributed by atoms with E-state index in [-0.39, 0.29) is 19.9 Å². The van der Waals surface area contributed by atoms with Gasteiger partial charge < -0.3 is 34.3 Å². The summed E-state index contributed by atoms with van der Waals surface area (Å²) >= 11 is 0. The maximum absolute atomic E-state index is 13.3. The lowest BCUT2D eigenvalue weighted by molar-refractivity contribution is -0.148. The Morgan fingerprint density at radius 1 is 1.12 bits per heavy atom. The Kier molecular flexibility index (Phi) is 7.67. The summed E-state index contributed by atoms with van der Waals surface area (Å²) in [4.78, 5) is 41.8. The molecule has 0 saturated carbocycles. The number of fused-ring (bicyclic) bond motifs is 2. The van der Waals surface area contributed by atoms with Gasteiger partial charge in [-0.05, 0) is 31.2 Å². The lowest BCUT2D eigenvalue weighted by Crippen LogP contribution is -2.52. The molecule has 10 nitrogen and oxygen atoms in total. The molecule has 3 heterocycles. The number of aliphatic carboxylic acids is 1. The molecule has 2 fully saturated rings. The van der Waals surface area contributed by atoms with E-state index in [0.717, 1.165) is 18.7 Å². The van der Waals surface area contributed by atoms with Crippen molar-refractivity contribution in [1.29, 1.82) is 0 Å². The number of carbonyl (C=O) groups is 3. The van der Waals surface area contributed by atoms with Crippen molar-refractivity contribution in [3.05, 3.63) is 42.0 Å². The number of carbonyl (C=O) groups excluding carboxylic acids is 2. The third kappa shape index (κ3) is 5.33. The molecule has 5 atom stereocenters. The Labute approximate surface area is 199 Å². The van der Waals surface area contributed by atoms with E-state index in [2.05, 4.69) is 10.1 Å². The Morgan fingerprint density at radius 3 is 2.38 bits per heavy atom. The minimum absolute atomic E-state index is 0.0643. The molecule has 2 N–H and O–H groups in total. The molecule has 182 valence electrons. The second-order valence-corrected chi connectivity index (χ2v) is 8.93. The predicted octanol–water partition coefficient (Wildman–Crippen LogP) is -0.566. The van der Waals surface area contributed by atoms with Crippen molar-refractivity contribution < 1.29 is 33.6 Å². The van der Waals surface area contributed by atoms with Gasteiger partial charge in [0.1, 0.15) is 17.7 Å². The fourth-order valence-corrected chi connectivity index (χ4v) is 4.67. The average molecular weight is 471 g/mol. The van der Waals surface area contributed by atoms with Gasteiger partial charge in [-0.15, -0.1) is 0 Å². The molecule has 34 heavy (non-hydrogen) atoms. The van der Waals surface area contributed by atoms with Crippen molar-refractivity contribution in [2.24, 2.45) is 11.8 Å². The van der Waals surface area contributed by atoms with Crippen molar-refractivity contribution >= 4 is 25.5 Å². The molecule has 1 amide bonds. The smallest absolute Gasteiger partial charge is 0.361 e. The molecule has 2 saturated heterocycles. The molecule has 4 rings (SSSR count). The first-order valence-corrected chi connectivity index (χ1v) is 11.4. The van der Waals surface area contributed by atoms with E-state index in [9.17, 15) is 19.5 Å². The number of carboxylic acids is 1. The quantitative estimate of drug-likeness (QED) is 0.211. The third-order valence-electron chi connectivity index (χ3n) is 6.63. The minimum Gasteiger partial charge on any atom is -0.480 e. The topological polar surface area (TPSA) is 118 Å². The molecule has 3 unspecified atom stereocenters. The minimum atomic E-state index is -0.979. The van der Waals surface area contributed by atoms with Crippen LogP contribution in [0.15, 0.2) is 36.4 Å².